The first-order valence-corrected chi connectivity index (χ1v) is 9.40. The molecule has 0 aliphatic heterocycles. The summed E-state index contributed by atoms with van der Waals surface area (Å²) in [6, 6.07) is 18.6. The van der Waals surface area contributed by atoms with Crippen molar-refractivity contribution in [1.29, 1.82) is 0 Å². The Morgan fingerprint density at radius 1 is 0.944 bits per heavy atom. The van der Waals surface area contributed by atoms with Gasteiger partial charge in [-0.05, 0) is 17.7 Å². The fourth-order valence-corrected chi connectivity index (χ4v) is 4.43. The smallest absolute Gasteiger partial charge is 0.0988 e. The minimum absolute atomic E-state index is 0.769. The lowest BCUT2D eigenvalue weighted by molar-refractivity contribution is 1.62. The Kier molecular flexibility index (Phi) is 3.74. The Morgan fingerprint density at radius 3 is 2.06 bits per heavy atom. The second-order valence-corrected chi connectivity index (χ2v) is 9.84. The van der Waals surface area contributed by atoms with Crippen LogP contribution in [-0.4, -0.2) is 8.07 Å². The first kappa shape index (κ1) is 13.1. The van der Waals surface area contributed by atoms with E-state index in [9.17, 15) is 0 Å². The summed E-state index contributed by atoms with van der Waals surface area (Å²) >= 11 is 5.93. The number of hydrogen-bond acceptors (Lipinski definition) is 0. The standard InChI is InChI=1S/C16H17ClSi/c1-13(14-9-11-15(17)12-10-14)18(2,3)16-7-5-4-6-8-16/h4-12H,1H2,2-3H3. The zero-order valence-electron chi connectivity index (χ0n) is 10.8. The van der Waals surface area contributed by atoms with Crippen molar-refractivity contribution >= 4 is 30.1 Å². The normalized spacial score (nSPS) is 11.3. The summed E-state index contributed by atoms with van der Waals surface area (Å²) in [7, 11) is -1.68. The first-order chi connectivity index (χ1) is 8.51. The Hall–Kier alpha value is -1.31. The maximum absolute atomic E-state index is 5.93. The zero-order valence-corrected chi connectivity index (χ0v) is 12.5. The summed E-state index contributed by atoms with van der Waals surface area (Å²) in [4.78, 5) is 0. The molecule has 0 N–H and O–H groups in total. The van der Waals surface area contributed by atoms with Crippen LogP contribution >= 0.6 is 11.6 Å². The average Bonchev–Trinajstić information content (AvgIpc) is 2.40. The molecule has 0 aliphatic rings. The Bertz CT molecular complexity index is 541. The average molecular weight is 273 g/mol. The van der Waals surface area contributed by atoms with Gasteiger partial charge in [-0.25, -0.2) is 0 Å². The van der Waals surface area contributed by atoms with Crippen molar-refractivity contribution < 1.29 is 0 Å². The van der Waals surface area contributed by atoms with Gasteiger partial charge < -0.3 is 0 Å². The van der Waals surface area contributed by atoms with E-state index < -0.39 is 8.07 Å². The van der Waals surface area contributed by atoms with E-state index in [1.165, 1.54) is 15.9 Å². The lowest BCUT2D eigenvalue weighted by Gasteiger charge is -2.26. The molecule has 0 atom stereocenters. The van der Waals surface area contributed by atoms with Crippen LogP contribution in [-0.2, 0) is 0 Å². The van der Waals surface area contributed by atoms with Crippen LogP contribution in [0.25, 0.3) is 5.20 Å². The fourth-order valence-electron chi connectivity index (χ4n) is 2.04. The molecule has 0 radical (unpaired) electrons. The van der Waals surface area contributed by atoms with Crippen LogP contribution < -0.4 is 5.19 Å². The summed E-state index contributed by atoms with van der Waals surface area (Å²) in [6.07, 6.45) is 0. The lowest BCUT2D eigenvalue weighted by Crippen LogP contribution is -2.42. The monoisotopic (exact) mass is 272 g/mol. The minimum Gasteiger partial charge on any atom is -0.0988 e. The van der Waals surface area contributed by atoms with Gasteiger partial charge in [0, 0.05) is 5.02 Å². The van der Waals surface area contributed by atoms with Crippen molar-refractivity contribution in [1.82, 2.24) is 0 Å². The molecule has 0 spiro atoms. The van der Waals surface area contributed by atoms with Gasteiger partial charge in [0.15, 0.2) is 0 Å². The largest absolute Gasteiger partial charge is 0.112 e. The SMILES string of the molecule is C=C(c1ccc(Cl)cc1)[Si](C)(C)c1ccccc1. The van der Waals surface area contributed by atoms with Crippen molar-refractivity contribution in [2.45, 2.75) is 13.1 Å². The van der Waals surface area contributed by atoms with Gasteiger partial charge in [0.2, 0.25) is 0 Å². The Labute approximate surface area is 115 Å². The highest BCUT2D eigenvalue weighted by atomic mass is 35.5. The van der Waals surface area contributed by atoms with Crippen LogP contribution in [0.3, 0.4) is 0 Å². The summed E-state index contributed by atoms with van der Waals surface area (Å²) in [6.45, 7) is 8.99. The van der Waals surface area contributed by atoms with E-state index in [1.54, 1.807) is 0 Å². The molecular weight excluding hydrogens is 256 g/mol. The van der Waals surface area contributed by atoms with Gasteiger partial charge in [-0.15, -0.1) is 0 Å². The van der Waals surface area contributed by atoms with E-state index in [0.717, 1.165) is 5.02 Å². The molecule has 18 heavy (non-hydrogen) atoms. The molecule has 2 aromatic rings. The van der Waals surface area contributed by atoms with E-state index >= 15 is 0 Å². The van der Waals surface area contributed by atoms with Gasteiger partial charge in [-0.2, -0.15) is 0 Å². The van der Waals surface area contributed by atoms with Crippen LogP contribution in [0.15, 0.2) is 61.2 Å². The Balaban J connectivity index is 2.36. The molecule has 0 heterocycles. The van der Waals surface area contributed by atoms with Crippen molar-refractivity contribution in [3.63, 3.8) is 0 Å². The van der Waals surface area contributed by atoms with Crippen molar-refractivity contribution in [2.24, 2.45) is 0 Å². The van der Waals surface area contributed by atoms with Crippen molar-refractivity contribution in [2.75, 3.05) is 0 Å². The molecule has 0 aliphatic carbocycles. The predicted molar refractivity (Wildman–Crippen MR) is 84.0 cm³/mol. The van der Waals surface area contributed by atoms with Crippen LogP contribution in [0.2, 0.25) is 18.1 Å². The summed E-state index contributed by atoms with van der Waals surface area (Å²) < 4.78 is 0. The molecule has 0 amide bonds. The first-order valence-electron chi connectivity index (χ1n) is 6.02. The summed E-state index contributed by atoms with van der Waals surface area (Å²) in [5.41, 5.74) is 1.19. The third-order valence-electron chi connectivity index (χ3n) is 3.44. The molecule has 2 heteroatoms. The van der Waals surface area contributed by atoms with Gasteiger partial charge in [0.05, 0.1) is 0 Å². The second-order valence-electron chi connectivity index (χ2n) is 4.98. The zero-order chi connectivity index (χ0) is 13.2. The summed E-state index contributed by atoms with van der Waals surface area (Å²) in [5, 5.41) is 3.42. The van der Waals surface area contributed by atoms with Gasteiger partial charge in [-0.1, -0.05) is 84.1 Å². The van der Waals surface area contributed by atoms with Gasteiger partial charge in [0.1, 0.15) is 8.07 Å². The predicted octanol–water partition coefficient (Wildman–Crippen LogP) is 4.51. The van der Waals surface area contributed by atoms with Gasteiger partial charge in [0.25, 0.3) is 0 Å². The van der Waals surface area contributed by atoms with Gasteiger partial charge >= 0.3 is 0 Å². The highest BCUT2D eigenvalue weighted by molar-refractivity contribution is 7.04. The molecule has 0 aromatic heterocycles. The molecule has 2 aromatic carbocycles. The van der Waals surface area contributed by atoms with Gasteiger partial charge in [-0.3, -0.25) is 0 Å². The van der Waals surface area contributed by atoms with E-state index in [2.05, 4.69) is 62.1 Å². The highest BCUT2D eigenvalue weighted by Gasteiger charge is 2.27. The highest BCUT2D eigenvalue weighted by Crippen LogP contribution is 2.25. The lowest BCUT2D eigenvalue weighted by atomic mass is 10.2. The Morgan fingerprint density at radius 2 is 1.50 bits per heavy atom. The molecule has 0 unspecified atom stereocenters. The molecule has 2 rings (SSSR count). The van der Waals surface area contributed by atoms with E-state index in [1.807, 2.05) is 12.1 Å². The van der Waals surface area contributed by atoms with Crippen LogP contribution in [0.5, 0.6) is 0 Å². The molecule has 0 fully saturated rings. The number of rotatable bonds is 3. The van der Waals surface area contributed by atoms with Crippen molar-refractivity contribution in [3.05, 3.63) is 71.8 Å². The molecule has 0 nitrogen and oxygen atoms in total. The van der Waals surface area contributed by atoms with Crippen molar-refractivity contribution in [3.8, 4) is 0 Å². The molecule has 92 valence electrons. The van der Waals surface area contributed by atoms with E-state index in [4.69, 9.17) is 11.6 Å². The third kappa shape index (κ3) is 2.58. The molecule has 0 bridgehead atoms. The number of hydrogen-bond donors (Lipinski definition) is 0. The maximum atomic E-state index is 5.93. The quantitative estimate of drug-likeness (QED) is 0.722. The number of halogens is 1. The number of benzene rings is 2. The van der Waals surface area contributed by atoms with Crippen LogP contribution in [0.1, 0.15) is 5.56 Å². The second kappa shape index (κ2) is 5.13. The fraction of sp³-hybridized carbons (Fsp3) is 0.125. The maximum Gasteiger partial charge on any atom is 0.112 e. The molecule has 0 saturated heterocycles. The summed E-state index contributed by atoms with van der Waals surface area (Å²) in [5.74, 6) is 0. The topological polar surface area (TPSA) is 0 Å². The van der Waals surface area contributed by atoms with E-state index in [0.29, 0.717) is 0 Å². The van der Waals surface area contributed by atoms with Crippen LogP contribution in [0, 0.1) is 0 Å². The third-order valence-corrected chi connectivity index (χ3v) is 7.27. The van der Waals surface area contributed by atoms with Crippen LogP contribution in [0.4, 0.5) is 0 Å². The minimum atomic E-state index is -1.68. The van der Waals surface area contributed by atoms with E-state index in [-0.39, 0.29) is 0 Å². The molecular formula is C16H17ClSi. The molecule has 0 saturated carbocycles.